The third-order valence-corrected chi connectivity index (χ3v) is 4.26. The molecule has 3 rings (SSSR count). The molecule has 0 aromatic heterocycles. The molecule has 1 fully saturated rings. The number of benzene rings is 1. The number of rotatable bonds is 3. The molecule has 2 amide bonds. The van der Waals surface area contributed by atoms with E-state index in [0.717, 1.165) is 43.7 Å². The number of hydrogen-bond donors (Lipinski definition) is 1. The van der Waals surface area contributed by atoms with Gasteiger partial charge in [-0.2, -0.15) is 0 Å². The largest absolute Gasteiger partial charge is 0.444 e. The van der Waals surface area contributed by atoms with E-state index < -0.39 is 11.7 Å². The molecule has 0 bridgehead atoms. The maximum Gasteiger partial charge on any atom is 0.412 e. The van der Waals surface area contributed by atoms with E-state index in [4.69, 9.17) is 4.74 Å². The maximum atomic E-state index is 12.3. The number of hydrogen-bond acceptors (Lipinski definition) is 4. The molecule has 24 heavy (non-hydrogen) atoms. The molecular formula is C18H25N3O3. The number of carbonyl (C=O) groups is 2. The molecule has 0 radical (unpaired) electrons. The van der Waals surface area contributed by atoms with Gasteiger partial charge in [-0.05, 0) is 45.2 Å². The van der Waals surface area contributed by atoms with Crippen LogP contribution in [0.4, 0.5) is 16.2 Å². The quantitative estimate of drug-likeness (QED) is 0.925. The summed E-state index contributed by atoms with van der Waals surface area (Å²) in [6, 6.07) is 5.82. The van der Waals surface area contributed by atoms with E-state index in [1.54, 1.807) is 0 Å². The molecule has 2 heterocycles. The number of nitrogens with zero attached hydrogens (tertiary/aromatic N) is 2. The van der Waals surface area contributed by atoms with Crippen LogP contribution in [0.5, 0.6) is 0 Å². The predicted octanol–water partition coefficient (Wildman–Crippen LogP) is 2.63. The van der Waals surface area contributed by atoms with Crippen LogP contribution in [0, 0.1) is 0 Å². The molecule has 130 valence electrons. The van der Waals surface area contributed by atoms with Gasteiger partial charge in [0, 0.05) is 19.6 Å². The van der Waals surface area contributed by atoms with E-state index in [0.29, 0.717) is 12.2 Å². The fraction of sp³-hybridized carbons (Fsp3) is 0.556. The first-order valence-electron chi connectivity index (χ1n) is 8.48. The lowest BCUT2D eigenvalue weighted by Crippen LogP contribution is -2.47. The SMILES string of the molecule is CC(C)(C)OC(=O)Nc1cccc2c1N(CC(=O)N1CCC1)CC2. The number of ether oxygens (including phenoxy) is 1. The maximum absolute atomic E-state index is 12.3. The van der Waals surface area contributed by atoms with E-state index in [9.17, 15) is 9.59 Å². The highest BCUT2D eigenvalue weighted by Crippen LogP contribution is 2.35. The van der Waals surface area contributed by atoms with Crippen molar-refractivity contribution in [3.05, 3.63) is 23.8 Å². The Bertz CT molecular complexity index is 647. The molecule has 2 aliphatic heterocycles. The zero-order chi connectivity index (χ0) is 17.3. The van der Waals surface area contributed by atoms with E-state index in [-0.39, 0.29) is 5.91 Å². The summed E-state index contributed by atoms with van der Waals surface area (Å²) in [5.41, 5.74) is 2.25. The van der Waals surface area contributed by atoms with Gasteiger partial charge in [-0.25, -0.2) is 4.79 Å². The molecule has 2 aliphatic rings. The molecular weight excluding hydrogens is 306 g/mol. The van der Waals surface area contributed by atoms with Gasteiger partial charge < -0.3 is 14.5 Å². The van der Waals surface area contributed by atoms with E-state index in [2.05, 4.69) is 10.2 Å². The first kappa shape index (κ1) is 16.6. The molecule has 6 nitrogen and oxygen atoms in total. The Morgan fingerprint density at radius 2 is 1.96 bits per heavy atom. The summed E-state index contributed by atoms with van der Waals surface area (Å²) in [6.45, 7) is 8.37. The predicted molar refractivity (Wildman–Crippen MR) is 93.4 cm³/mol. The van der Waals surface area contributed by atoms with Crippen molar-refractivity contribution >= 4 is 23.4 Å². The number of carbonyl (C=O) groups excluding carboxylic acids is 2. The molecule has 1 saturated heterocycles. The van der Waals surface area contributed by atoms with Crippen molar-refractivity contribution in [2.24, 2.45) is 0 Å². The molecule has 1 aromatic rings. The summed E-state index contributed by atoms with van der Waals surface area (Å²) in [5, 5.41) is 2.83. The van der Waals surface area contributed by atoms with E-state index in [1.165, 1.54) is 0 Å². The van der Waals surface area contributed by atoms with Crippen LogP contribution in [0.25, 0.3) is 0 Å². The number of para-hydroxylation sites is 1. The second-order valence-electron chi connectivity index (χ2n) is 7.35. The highest BCUT2D eigenvalue weighted by Gasteiger charge is 2.28. The van der Waals surface area contributed by atoms with E-state index in [1.807, 2.05) is 43.9 Å². The first-order chi connectivity index (χ1) is 11.3. The minimum absolute atomic E-state index is 0.154. The van der Waals surface area contributed by atoms with Crippen LogP contribution >= 0.6 is 0 Å². The minimum Gasteiger partial charge on any atom is -0.444 e. The van der Waals surface area contributed by atoms with Gasteiger partial charge in [0.25, 0.3) is 0 Å². The number of fused-ring (bicyclic) bond motifs is 1. The molecule has 0 spiro atoms. The van der Waals surface area contributed by atoms with Crippen LogP contribution in [-0.4, -0.2) is 48.7 Å². The lowest BCUT2D eigenvalue weighted by molar-refractivity contribution is -0.133. The van der Waals surface area contributed by atoms with Crippen LogP contribution in [0.2, 0.25) is 0 Å². The van der Waals surface area contributed by atoms with Crippen molar-refractivity contribution in [3.8, 4) is 0 Å². The number of nitrogens with one attached hydrogen (secondary N) is 1. The molecule has 6 heteroatoms. The Labute approximate surface area is 142 Å². The first-order valence-corrected chi connectivity index (χ1v) is 8.48. The van der Waals surface area contributed by atoms with Crippen molar-refractivity contribution in [3.63, 3.8) is 0 Å². The van der Waals surface area contributed by atoms with Crippen molar-refractivity contribution in [2.75, 3.05) is 36.4 Å². The Balaban J connectivity index is 1.74. The zero-order valence-corrected chi connectivity index (χ0v) is 14.6. The summed E-state index contributed by atoms with van der Waals surface area (Å²) < 4.78 is 5.34. The Morgan fingerprint density at radius 1 is 1.21 bits per heavy atom. The van der Waals surface area contributed by atoms with Crippen LogP contribution < -0.4 is 10.2 Å². The highest BCUT2D eigenvalue weighted by molar-refractivity contribution is 5.93. The fourth-order valence-electron chi connectivity index (χ4n) is 3.04. The average molecular weight is 331 g/mol. The molecule has 0 aliphatic carbocycles. The van der Waals surface area contributed by atoms with Gasteiger partial charge in [0.05, 0.1) is 17.9 Å². The van der Waals surface area contributed by atoms with Gasteiger partial charge in [-0.15, -0.1) is 0 Å². The molecule has 0 atom stereocenters. The normalized spacial score (nSPS) is 16.5. The van der Waals surface area contributed by atoms with Gasteiger partial charge in [0.1, 0.15) is 5.60 Å². The van der Waals surface area contributed by atoms with Gasteiger partial charge in [0.2, 0.25) is 5.91 Å². The van der Waals surface area contributed by atoms with Crippen LogP contribution in [0.15, 0.2) is 18.2 Å². The monoisotopic (exact) mass is 331 g/mol. The molecule has 1 aromatic carbocycles. The second kappa shape index (κ2) is 6.34. The lowest BCUT2D eigenvalue weighted by Gasteiger charge is -2.33. The summed E-state index contributed by atoms with van der Waals surface area (Å²) in [7, 11) is 0. The zero-order valence-electron chi connectivity index (χ0n) is 14.6. The second-order valence-corrected chi connectivity index (χ2v) is 7.35. The lowest BCUT2D eigenvalue weighted by atomic mass is 10.1. The topological polar surface area (TPSA) is 61.9 Å². The van der Waals surface area contributed by atoms with Crippen LogP contribution in [-0.2, 0) is 16.0 Å². The highest BCUT2D eigenvalue weighted by atomic mass is 16.6. The van der Waals surface area contributed by atoms with Crippen LogP contribution in [0.3, 0.4) is 0 Å². The van der Waals surface area contributed by atoms with Crippen molar-refractivity contribution in [1.29, 1.82) is 0 Å². The van der Waals surface area contributed by atoms with Crippen LogP contribution in [0.1, 0.15) is 32.8 Å². The Kier molecular flexibility index (Phi) is 4.39. The minimum atomic E-state index is -0.546. The number of anilines is 2. The summed E-state index contributed by atoms with van der Waals surface area (Å²) >= 11 is 0. The molecule has 0 saturated carbocycles. The summed E-state index contributed by atoms with van der Waals surface area (Å²) in [6.07, 6.45) is 1.50. The van der Waals surface area contributed by atoms with E-state index >= 15 is 0 Å². The van der Waals surface area contributed by atoms with Crippen molar-refractivity contribution in [1.82, 2.24) is 4.90 Å². The van der Waals surface area contributed by atoms with Crippen molar-refractivity contribution in [2.45, 2.75) is 39.2 Å². The third-order valence-electron chi connectivity index (χ3n) is 4.26. The van der Waals surface area contributed by atoms with Gasteiger partial charge in [-0.3, -0.25) is 10.1 Å². The summed E-state index contributed by atoms with van der Waals surface area (Å²) in [4.78, 5) is 28.3. The van der Waals surface area contributed by atoms with Gasteiger partial charge in [0.15, 0.2) is 0 Å². The van der Waals surface area contributed by atoms with Gasteiger partial charge in [-0.1, -0.05) is 12.1 Å². The number of amides is 2. The molecule has 0 unspecified atom stereocenters. The average Bonchev–Trinajstić information content (AvgIpc) is 2.78. The Morgan fingerprint density at radius 3 is 2.58 bits per heavy atom. The number of likely N-dealkylation sites (tertiary alicyclic amines) is 1. The fourth-order valence-corrected chi connectivity index (χ4v) is 3.04. The smallest absolute Gasteiger partial charge is 0.412 e. The summed E-state index contributed by atoms with van der Waals surface area (Å²) in [5.74, 6) is 0.154. The van der Waals surface area contributed by atoms with Gasteiger partial charge >= 0.3 is 6.09 Å². The standard InChI is InChI=1S/C18H25N3O3/c1-18(2,3)24-17(23)19-14-7-4-6-13-8-11-21(16(13)14)12-15(22)20-9-5-10-20/h4,6-7H,5,8-12H2,1-3H3,(H,19,23). The third kappa shape index (κ3) is 3.63. The molecule has 1 N–H and O–H groups in total. The Hall–Kier alpha value is -2.24. The van der Waals surface area contributed by atoms with Crippen molar-refractivity contribution < 1.29 is 14.3 Å².